The van der Waals surface area contributed by atoms with E-state index in [9.17, 15) is 22.8 Å². The van der Waals surface area contributed by atoms with Gasteiger partial charge >= 0.3 is 6.18 Å². The van der Waals surface area contributed by atoms with Crippen LogP contribution in [0, 0.1) is 25.7 Å². The highest BCUT2D eigenvalue weighted by Gasteiger charge is 2.33. The van der Waals surface area contributed by atoms with E-state index < -0.39 is 11.7 Å². The molecule has 1 aromatic carbocycles. The summed E-state index contributed by atoms with van der Waals surface area (Å²) in [6.45, 7) is 8.24. The van der Waals surface area contributed by atoms with Crippen LogP contribution in [0.2, 0.25) is 0 Å². The number of rotatable bonds is 5. The molecule has 3 atom stereocenters. The number of hydrogen-bond acceptors (Lipinski definition) is 2. The lowest BCUT2D eigenvalue weighted by molar-refractivity contribution is -0.137. The molecule has 8 heteroatoms. The standard InChI is InChI=1S/C23H28F3N3O2/c1-13-9-15(3)28-21(30)19(13)10-27-22(31)20-14(2)11-29(16(20)4)12-17-5-7-18(8-6-17)23(24,25)26/h5-8,11,13,15,19H,9-10,12H2,1-4H3,(H,27,31)(H,28,30). The molecule has 31 heavy (non-hydrogen) atoms. The fraction of sp³-hybridized carbons (Fsp3) is 0.478. The van der Waals surface area contributed by atoms with Crippen molar-refractivity contribution in [2.45, 2.75) is 52.9 Å². The van der Waals surface area contributed by atoms with Crippen molar-refractivity contribution in [2.75, 3.05) is 6.54 Å². The van der Waals surface area contributed by atoms with E-state index in [0.717, 1.165) is 29.8 Å². The summed E-state index contributed by atoms with van der Waals surface area (Å²) in [5, 5.41) is 5.82. The molecule has 1 aromatic heterocycles. The number of aromatic nitrogens is 1. The van der Waals surface area contributed by atoms with Crippen LogP contribution in [0.4, 0.5) is 13.2 Å². The molecule has 168 valence electrons. The molecule has 2 heterocycles. The van der Waals surface area contributed by atoms with E-state index >= 15 is 0 Å². The van der Waals surface area contributed by atoms with E-state index in [0.29, 0.717) is 17.7 Å². The van der Waals surface area contributed by atoms with Gasteiger partial charge in [0.1, 0.15) is 0 Å². The second kappa shape index (κ2) is 8.77. The third kappa shape index (κ3) is 5.11. The summed E-state index contributed by atoms with van der Waals surface area (Å²) in [5.41, 5.74) is 2.05. The Morgan fingerprint density at radius 2 is 1.84 bits per heavy atom. The van der Waals surface area contributed by atoms with Crippen molar-refractivity contribution in [3.8, 4) is 0 Å². The van der Waals surface area contributed by atoms with Crippen molar-refractivity contribution in [2.24, 2.45) is 11.8 Å². The van der Waals surface area contributed by atoms with Crippen LogP contribution in [0.3, 0.4) is 0 Å². The van der Waals surface area contributed by atoms with Gasteiger partial charge in [0, 0.05) is 31.0 Å². The Morgan fingerprint density at radius 3 is 2.42 bits per heavy atom. The third-order valence-corrected chi connectivity index (χ3v) is 6.02. The minimum Gasteiger partial charge on any atom is -0.353 e. The van der Waals surface area contributed by atoms with Gasteiger partial charge in [-0.25, -0.2) is 0 Å². The van der Waals surface area contributed by atoms with E-state index in [4.69, 9.17) is 0 Å². The number of hydrogen-bond donors (Lipinski definition) is 2. The van der Waals surface area contributed by atoms with Crippen LogP contribution < -0.4 is 10.6 Å². The average Bonchev–Trinajstić information content (AvgIpc) is 2.93. The molecule has 2 N–H and O–H groups in total. The second-order valence-electron chi connectivity index (χ2n) is 8.53. The Labute approximate surface area is 180 Å². The normalized spacial score (nSPS) is 21.6. The topological polar surface area (TPSA) is 63.1 Å². The molecule has 0 aliphatic carbocycles. The predicted molar refractivity (Wildman–Crippen MR) is 112 cm³/mol. The first-order chi connectivity index (χ1) is 14.5. The average molecular weight is 435 g/mol. The summed E-state index contributed by atoms with van der Waals surface area (Å²) < 4.78 is 40.1. The Balaban J connectivity index is 1.69. The van der Waals surface area contributed by atoms with Crippen molar-refractivity contribution in [1.82, 2.24) is 15.2 Å². The molecule has 1 aliphatic heterocycles. The van der Waals surface area contributed by atoms with E-state index in [1.54, 1.807) is 0 Å². The minimum absolute atomic E-state index is 0.0418. The van der Waals surface area contributed by atoms with Crippen LogP contribution in [-0.4, -0.2) is 29.0 Å². The lowest BCUT2D eigenvalue weighted by Crippen LogP contribution is -2.50. The molecule has 1 aliphatic rings. The highest BCUT2D eigenvalue weighted by atomic mass is 19.4. The Morgan fingerprint density at radius 1 is 1.19 bits per heavy atom. The predicted octanol–water partition coefficient (Wildman–Crippen LogP) is 4.06. The summed E-state index contributed by atoms with van der Waals surface area (Å²) >= 11 is 0. The summed E-state index contributed by atoms with van der Waals surface area (Å²) in [5.74, 6) is -0.384. The molecule has 0 saturated carbocycles. The number of aryl methyl sites for hydroxylation is 1. The molecule has 3 unspecified atom stereocenters. The number of amides is 2. The summed E-state index contributed by atoms with van der Waals surface area (Å²) in [4.78, 5) is 25.1. The molecule has 0 spiro atoms. The van der Waals surface area contributed by atoms with Crippen LogP contribution in [0.1, 0.15) is 53.0 Å². The molecule has 5 nitrogen and oxygen atoms in total. The van der Waals surface area contributed by atoms with Crippen LogP contribution in [0.5, 0.6) is 0 Å². The van der Waals surface area contributed by atoms with Crippen LogP contribution >= 0.6 is 0 Å². The number of piperidine rings is 1. The van der Waals surface area contributed by atoms with Gasteiger partial charge in [-0.15, -0.1) is 0 Å². The first kappa shape index (κ1) is 22.9. The highest BCUT2D eigenvalue weighted by molar-refractivity contribution is 5.97. The van der Waals surface area contributed by atoms with Crippen LogP contribution in [-0.2, 0) is 17.5 Å². The van der Waals surface area contributed by atoms with E-state index in [2.05, 4.69) is 10.6 Å². The maximum atomic E-state index is 12.8. The number of halogens is 3. The number of carbonyl (C=O) groups is 2. The van der Waals surface area contributed by atoms with Crippen molar-refractivity contribution in [3.63, 3.8) is 0 Å². The molecule has 0 radical (unpaired) electrons. The van der Waals surface area contributed by atoms with Gasteiger partial charge in [0.2, 0.25) is 5.91 Å². The van der Waals surface area contributed by atoms with Gasteiger partial charge in [0.25, 0.3) is 5.91 Å². The summed E-state index contributed by atoms with van der Waals surface area (Å²) in [6.07, 6.45) is -1.68. The number of nitrogens with zero attached hydrogens (tertiary/aromatic N) is 1. The third-order valence-electron chi connectivity index (χ3n) is 6.02. The molecule has 2 aromatic rings. The lowest BCUT2D eigenvalue weighted by Gasteiger charge is -2.32. The van der Waals surface area contributed by atoms with Gasteiger partial charge in [0.15, 0.2) is 0 Å². The Bertz CT molecular complexity index is 964. The van der Waals surface area contributed by atoms with Crippen LogP contribution in [0.25, 0.3) is 0 Å². The maximum absolute atomic E-state index is 12.8. The number of alkyl halides is 3. The first-order valence-electron chi connectivity index (χ1n) is 10.4. The summed E-state index contributed by atoms with van der Waals surface area (Å²) in [6, 6.07) is 5.15. The highest BCUT2D eigenvalue weighted by Crippen LogP contribution is 2.29. The van der Waals surface area contributed by atoms with Gasteiger partial charge in [0.05, 0.1) is 17.0 Å². The fourth-order valence-electron chi connectivity index (χ4n) is 4.30. The zero-order valence-corrected chi connectivity index (χ0v) is 18.1. The second-order valence-corrected chi connectivity index (χ2v) is 8.53. The molecule has 1 saturated heterocycles. The number of benzene rings is 1. The Hall–Kier alpha value is -2.77. The SMILES string of the molecule is Cc1cn(Cc2ccc(C(F)(F)F)cc2)c(C)c1C(=O)NCC1C(=O)NC(C)CC1C. The smallest absolute Gasteiger partial charge is 0.353 e. The van der Waals surface area contributed by atoms with Crippen molar-refractivity contribution >= 4 is 11.8 Å². The van der Waals surface area contributed by atoms with E-state index in [1.807, 2.05) is 38.5 Å². The maximum Gasteiger partial charge on any atom is 0.416 e. The van der Waals surface area contributed by atoms with Gasteiger partial charge in [-0.2, -0.15) is 13.2 Å². The number of carbonyl (C=O) groups excluding carboxylic acids is 2. The lowest BCUT2D eigenvalue weighted by atomic mass is 9.84. The van der Waals surface area contributed by atoms with E-state index in [1.165, 1.54) is 12.1 Å². The minimum atomic E-state index is -4.37. The van der Waals surface area contributed by atoms with E-state index in [-0.39, 0.29) is 36.2 Å². The largest absolute Gasteiger partial charge is 0.416 e. The zero-order valence-electron chi connectivity index (χ0n) is 18.1. The molecule has 0 bridgehead atoms. The zero-order chi connectivity index (χ0) is 22.9. The molecular formula is C23H28F3N3O2. The monoisotopic (exact) mass is 435 g/mol. The van der Waals surface area contributed by atoms with Gasteiger partial charge in [-0.3, -0.25) is 9.59 Å². The first-order valence-corrected chi connectivity index (χ1v) is 10.4. The molecular weight excluding hydrogens is 407 g/mol. The van der Waals surface area contributed by atoms with Crippen molar-refractivity contribution in [1.29, 1.82) is 0 Å². The molecule has 2 amide bonds. The molecule has 3 rings (SSSR count). The van der Waals surface area contributed by atoms with Gasteiger partial charge < -0.3 is 15.2 Å². The quantitative estimate of drug-likeness (QED) is 0.744. The Kier molecular flexibility index (Phi) is 6.48. The van der Waals surface area contributed by atoms with Crippen LogP contribution in [0.15, 0.2) is 30.5 Å². The molecule has 1 fully saturated rings. The fourth-order valence-corrected chi connectivity index (χ4v) is 4.30. The van der Waals surface area contributed by atoms with Crippen molar-refractivity contribution in [3.05, 3.63) is 58.4 Å². The van der Waals surface area contributed by atoms with Gasteiger partial charge in [-0.1, -0.05) is 19.1 Å². The van der Waals surface area contributed by atoms with Crippen molar-refractivity contribution < 1.29 is 22.8 Å². The number of nitrogens with one attached hydrogen (secondary N) is 2. The van der Waals surface area contributed by atoms with Gasteiger partial charge in [-0.05, 0) is 56.4 Å². The summed E-state index contributed by atoms with van der Waals surface area (Å²) in [7, 11) is 0.